The number of hydrogen-bond acceptors (Lipinski definition) is 8. The van der Waals surface area contributed by atoms with Gasteiger partial charge in [0.15, 0.2) is 5.69 Å². The second-order valence-corrected chi connectivity index (χ2v) is 9.75. The Labute approximate surface area is 213 Å². The SMILES string of the molecule is CCOc1ccc(N(C(=O)c2snc(C(N)=O)c2N)[C@H](C(=O)NC(C)(C)C)c2ccc(O)cc2)cc1. The normalized spacial score (nSPS) is 12.0. The molecule has 0 aliphatic rings. The highest BCUT2D eigenvalue weighted by atomic mass is 32.1. The van der Waals surface area contributed by atoms with Crippen LogP contribution in [-0.2, 0) is 4.79 Å². The molecule has 1 aromatic heterocycles. The predicted octanol–water partition coefficient (Wildman–Crippen LogP) is 3.23. The maximum atomic E-state index is 14.0. The van der Waals surface area contributed by atoms with Crippen LogP contribution in [-0.4, -0.2) is 39.3 Å². The zero-order chi connectivity index (χ0) is 26.6. The van der Waals surface area contributed by atoms with Crippen molar-refractivity contribution in [2.45, 2.75) is 39.3 Å². The van der Waals surface area contributed by atoms with E-state index >= 15 is 0 Å². The number of phenolic OH excluding ortho intramolecular Hbond substituents is 1. The van der Waals surface area contributed by atoms with Gasteiger partial charge in [-0.05, 0) is 81.2 Å². The van der Waals surface area contributed by atoms with Crippen molar-refractivity contribution in [3.8, 4) is 11.5 Å². The lowest BCUT2D eigenvalue weighted by atomic mass is 10.00. The van der Waals surface area contributed by atoms with Crippen molar-refractivity contribution in [1.82, 2.24) is 9.69 Å². The van der Waals surface area contributed by atoms with Crippen LogP contribution in [0.5, 0.6) is 11.5 Å². The minimum absolute atomic E-state index is 0.00507. The summed E-state index contributed by atoms with van der Waals surface area (Å²) in [6.45, 7) is 7.77. The van der Waals surface area contributed by atoms with Crippen LogP contribution in [0.15, 0.2) is 48.5 Å². The number of nitrogen functional groups attached to an aromatic ring is 1. The van der Waals surface area contributed by atoms with Gasteiger partial charge >= 0.3 is 0 Å². The first-order chi connectivity index (χ1) is 16.9. The fourth-order valence-electron chi connectivity index (χ4n) is 3.50. The van der Waals surface area contributed by atoms with Gasteiger partial charge in [0, 0.05) is 11.2 Å². The second kappa shape index (κ2) is 10.6. The lowest BCUT2D eigenvalue weighted by Gasteiger charge is -2.33. The number of ether oxygens (including phenoxy) is 1. The molecule has 1 atom stereocenters. The molecule has 190 valence electrons. The van der Waals surface area contributed by atoms with E-state index in [1.165, 1.54) is 17.0 Å². The molecule has 3 rings (SSSR count). The Morgan fingerprint density at radius 1 is 1.11 bits per heavy atom. The standard InChI is InChI=1S/C25H29N5O5S/c1-5-35-17-12-8-15(9-13-17)30(24(34)21-18(26)19(22(27)32)29-36-21)20(23(33)28-25(2,3)4)14-6-10-16(31)11-7-14/h6-13,20,31H,5,26H2,1-4H3,(H2,27,32)(H,28,33)/t20-/m0/s1. The van der Waals surface area contributed by atoms with Gasteiger partial charge < -0.3 is 26.6 Å². The summed E-state index contributed by atoms with van der Waals surface area (Å²) in [5.74, 6) is -1.39. The van der Waals surface area contributed by atoms with Crippen LogP contribution in [0.1, 0.15) is 59.5 Å². The van der Waals surface area contributed by atoms with Crippen molar-refractivity contribution in [1.29, 1.82) is 0 Å². The van der Waals surface area contributed by atoms with Gasteiger partial charge in [-0.1, -0.05) is 12.1 Å². The fraction of sp³-hybridized carbons (Fsp3) is 0.280. The Balaban J connectivity index is 2.21. The molecule has 3 aromatic rings. The molecule has 0 aliphatic heterocycles. The number of amides is 3. The number of phenols is 1. The van der Waals surface area contributed by atoms with Crippen LogP contribution >= 0.6 is 11.5 Å². The number of nitrogens with one attached hydrogen (secondary N) is 1. The molecular weight excluding hydrogens is 482 g/mol. The first kappa shape index (κ1) is 26.5. The van der Waals surface area contributed by atoms with E-state index in [1.54, 1.807) is 36.4 Å². The molecule has 36 heavy (non-hydrogen) atoms. The fourth-order valence-corrected chi connectivity index (χ4v) is 4.25. The molecule has 0 spiro atoms. The summed E-state index contributed by atoms with van der Waals surface area (Å²) < 4.78 is 9.46. The molecule has 0 fully saturated rings. The van der Waals surface area contributed by atoms with E-state index in [4.69, 9.17) is 16.2 Å². The number of primary amides is 1. The molecule has 0 aliphatic carbocycles. The number of rotatable bonds is 8. The van der Waals surface area contributed by atoms with Gasteiger partial charge in [-0.3, -0.25) is 19.3 Å². The largest absolute Gasteiger partial charge is 0.508 e. The predicted molar refractivity (Wildman–Crippen MR) is 138 cm³/mol. The number of carbonyl (C=O) groups excluding carboxylic acids is 3. The zero-order valence-corrected chi connectivity index (χ0v) is 21.3. The summed E-state index contributed by atoms with van der Waals surface area (Å²) >= 11 is 0.723. The number of aromatic hydroxyl groups is 1. The molecule has 11 heteroatoms. The third-order valence-electron chi connectivity index (χ3n) is 5.01. The van der Waals surface area contributed by atoms with Crippen LogP contribution in [0.25, 0.3) is 0 Å². The minimum Gasteiger partial charge on any atom is -0.508 e. The first-order valence-electron chi connectivity index (χ1n) is 11.1. The Morgan fingerprint density at radius 2 is 1.72 bits per heavy atom. The number of anilines is 2. The smallest absolute Gasteiger partial charge is 0.273 e. The number of benzene rings is 2. The molecule has 0 unspecified atom stereocenters. The summed E-state index contributed by atoms with van der Waals surface area (Å²) in [6, 6.07) is 11.5. The summed E-state index contributed by atoms with van der Waals surface area (Å²) in [5.41, 5.74) is 11.2. The van der Waals surface area contributed by atoms with Crippen molar-refractivity contribution < 1.29 is 24.2 Å². The van der Waals surface area contributed by atoms with Crippen molar-refractivity contribution in [3.63, 3.8) is 0 Å². The summed E-state index contributed by atoms with van der Waals surface area (Å²) in [4.78, 5) is 40.6. The van der Waals surface area contributed by atoms with E-state index in [0.717, 1.165) is 11.5 Å². The molecule has 2 aromatic carbocycles. The molecule has 0 saturated heterocycles. The lowest BCUT2D eigenvalue weighted by Crippen LogP contribution is -2.49. The first-order valence-corrected chi connectivity index (χ1v) is 11.9. The third-order valence-corrected chi connectivity index (χ3v) is 5.86. The van der Waals surface area contributed by atoms with E-state index in [9.17, 15) is 19.5 Å². The molecule has 6 N–H and O–H groups in total. The van der Waals surface area contributed by atoms with Gasteiger partial charge in [-0.2, -0.15) is 4.37 Å². The maximum absolute atomic E-state index is 14.0. The lowest BCUT2D eigenvalue weighted by molar-refractivity contribution is -0.123. The van der Waals surface area contributed by atoms with Gasteiger partial charge in [-0.15, -0.1) is 0 Å². The van der Waals surface area contributed by atoms with Gasteiger partial charge in [0.1, 0.15) is 22.4 Å². The molecule has 0 bridgehead atoms. The van der Waals surface area contributed by atoms with E-state index in [2.05, 4.69) is 9.69 Å². The maximum Gasteiger partial charge on any atom is 0.273 e. The Morgan fingerprint density at radius 3 is 2.22 bits per heavy atom. The third kappa shape index (κ3) is 5.92. The molecular formula is C25H29N5O5S. The van der Waals surface area contributed by atoms with Gasteiger partial charge in [0.2, 0.25) is 5.91 Å². The highest BCUT2D eigenvalue weighted by Crippen LogP contribution is 2.34. The average molecular weight is 512 g/mol. The van der Waals surface area contributed by atoms with Crippen LogP contribution in [0.2, 0.25) is 0 Å². The van der Waals surface area contributed by atoms with Crippen molar-refractivity contribution in [2.75, 3.05) is 17.2 Å². The van der Waals surface area contributed by atoms with Crippen LogP contribution < -0.4 is 26.4 Å². The van der Waals surface area contributed by atoms with Crippen molar-refractivity contribution in [2.24, 2.45) is 5.73 Å². The van der Waals surface area contributed by atoms with Gasteiger partial charge in [0.05, 0.1) is 12.3 Å². The van der Waals surface area contributed by atoms with E-state index in [0.29, 0.717) is 23.6 Å². The topological polar surface area (TPSA) is 161 Å². The number of carbonyl (C=O) groups is 3. The monoisotopic (exact) mass is 511 g/mol. The van der Waals surface area contributed by atoms with Crippen molar-refractivity contribution in [3.05, 3.63) is 64.7 Å². The summed E-state index contributed by atoms with van der Waals surface area (Å²) in [7, 11) is 0. The highest BCUT2D eigenvalue weighted by molar-refractivity contribution is 7.09. The molecule has 3 amide bonds. The molecule has 10 nitrogen and oxygen atoms in total. The average Bonchev–Trinajstić information content (AvgIpc) is 3.19. The van der Waals surface area contributed by atoms with Crippen LogP contribution in [0.3, 0.4) is 0 Å². The van der Waals surface area contributed by atoms with Crippen LogP contribution in [0.4, 0.5) is 11.4 Å². The van der Waals surface area contributed by atoms with Gasteiger partial charge in [-0.25, -0.2) is 0 Å². The molecule has 1 heterocycles. The minimum atomic E-state index is -1.16. The number of aromatic nitrogens is 1. The second-order valence-electron chi connectivity index (χ2n) is 8.97. The zero-order valence-electron chi connectivity index (χ0n) is 20.4. The van der Waals surface area contributed by atoms with E-state index < -0.39 is 29.3 Å². The number of hydrogen-bond donors (Lipinski definition) is 4. The Kier molecular flexibility index (Phi) is 7.83. The van der Waals surface area contributed by atoms with E-state index in [-0.39, 0.29) is 22.0 Å². The summed E-state index contributed by atoms with van der Waals surface area (Å²) in [6.07, 6.45) is 0. The van der Waals surface area contributed by atoms with Gasteiger partial charge in [0.25, 0.3) is 11.8 Å². The van der Waals surface area contributed by atoms with Crippen LogP contribution in [0, 0.1) is 0 Å². The quantitative estimate of drug-likeness (QED) is 0.361. The van der Waals surface area contributed by atoms with E-state index in [1.807, 2.05) is 27.7 Å². The highest BCUT2D eigenvalue weighted by Gasteiger charge is 2.37. The number of nitrogens with two attached hydrogens (primary N) is 2. The Hall–Kier alpha value is -4.12. The summed E-state index contributed by atoms with van der Waals surface area (Å²) in [5, 5.41) is 12.7. The number of nitrogens with zero attached hydrogens (tertiary/aromatic N) is 2. The van der Waals surface area contributed by atoms with Crippen molar-refractivity contribution >= 4 is 40.6 Å². The molecule has 0 radical (unpaired) electrons. The Bertz CT molecular complexity index is 1250. The molecule has 0 saturated carbocycles.